The van der Waals surface area contributed by atoms with Crippen LogP contribution < -0.4 is 0 Å². The molecule has 9 nitrogen and oxygen atoms in total. The molecular formula is C25H21ClF3N5O4S. The zero-order valence-electron chi connectivity index (χ0n) is 20.2. The number of aliphatic hydroxyl groups is 2. The van der Waals surface area contributed by atoms with E-state index >= 15 is 0 Å². The van der Waals surface area contributed by atoms with Crippen LogP contribution in [0, 0.1) is 17.5 Å². The smallest absolute Gasteiger partial charge is 0.194 e. The molecule has 0 spiro atoms. The first-order valence-electron chi connectivity index (χ1n) is 11.6. The van der Waals surface area contributed by atoms with Gasteiger partial charge in [0.25, 0.3) is 0 Å². The van der Waals surface area contributed by atoms with Crippen LogP contribution in [0.1, 0.15) is 6.04 Å². The van der Waals surface area contributed by atoms with Gasteiger partial charge in [-0.3, -0.25) is 9.97 Å². The number of hydrogen-bond donors (Lipinski definition) is 2. The van der Waals surface area contributed by atoms with Crippen LogP contribution in [0.2, 0.25) is 5.02 Å². The maximum atomic E-state index is 13.8. The second kappa shape index (κ2) is 11.6. The van der Waals surface area contributed by atoms with Gasteiger partial charge in [0.2, 0.25) is 0 Å². The molecule has 39 heavy (non-hydrogen) atoms. The highest BCUT2D eigenvalue weighted by molar-refractivity contribution is 8.00. The van der Waals surface area contributed by atoms with Gasteiger partial charge in [0, 0.05) is 30.0 Å². The minimum Gasteiger partial charge on any atom is -0.394 e. The third-order valence-corrected chi connectivity index (χ3v) is 7.55. The van der Waals surface area contributed by atoms with Crippen LogP contribution >= 0.6 is 23.4 Å². The van der Waals surface area contributed by atoms with Gasteiger partial charge in [0.05, 0.1) is 23.5 Å². The summed E-state index contributed by atoms with van der Waals surface area (Å²) in [7, 11) is 1.42. The Morgan fingerprint density at radius 3 is 2.56 bits per heavy atom. The topological polar surface area (TPSA) is 115 Å². The molecule has 14 heteroatoms. The van der Waals surface area contributed by atoms with Crippen molar-refractivity contribution in [1.29, 1.82) is 0 Å². The maximum Gasteiger partial charge on any atom is 0.194 e. The number of benzene rings is 1. The zero-order valence-corrected chi connectivity index (χ0v) is 21.7. The Hall–Kier alpha value is -3.07. The highest BCUT2D eigenvalue weighted by Gasteiger charge is 2.47. The Morgan fingerprint density at radius 2 is 1.90 bits per heavy atom. The Labute approximate surface area is 229 Å². The van der Waals surface area contributed by atoms with E-state index in [1.54, 1.807) is 24.4 Å². The van der Waals surface area contributed by atoms with E-state index in [9.17, 15) is 23.4 Å². The van der Waals surface area contributed by atoms with E-state index < -0.39 is 53.8 Å². The Morgan fingerprint density at radius 1 is 1.13 bits per heavy atom. The van der Waals surface area contributed by atoms with Gasteiger partial charge in [0.15, 0.2) is 17.5 Å². The standard InChI is InChI=1S/C25H21ClF3N5O4S/c1-37-24-22(34-10-17(32-33-34)12-6-14(27)20(29)15(28)7-12)23(36)18(11-35)38-25(24)39-19-8-13(26)9-31-21(19)16-4-2-3-5-30-16/h2-10,18,22-25,35-36H,11H2,1H3/t18-,22+,23+,24-,25-/m1/s1. The van der Waals surface area contributed by atoms with Crippen LogP contribution in [0.4, 0.5) is 13.2 Å². The fourth-order valence-corrected chi connectivity index (χ4v) is 5.84. The molecule has 4 heterocycles. The average Bonchev–Trinajstić information content (AvgIpc) is 3.42. The molecule has 1 aliphatic heterocycles. The number of halogens is 4. The molecule has 5 atom stereocenters. The van der Waals surface area contributed by atoms with Gasteiger partial charge >= 0.3 is 0 Å². The van der Waals surface area contributed by atoms with Crippen molar-refractivity contribution in [2.75, 3.05) is 13.7 Å². The van der Waals surface area contributed by atoms with Crippen molar-refractivity contribution in [3.8, 4) is 22.6 Å². The highest BCUT2D eigenvalue weighted by atomic mass is 35.5. The summed E-state index contributed by atoms with van der Waals surface area (Å²) < 4.78 is 54.1. The summed E-state index contributed by atoms with van der Waals surface area (Å²) in [5.74, 6) is -4.36. The summed E-state index contributed by atoms with van der Waals surface area (Å²) >= 11 is 7.44. The lowest BCUT2D eigenvalue weighted by Crippen LogP contribution is -2.55. The summed E-state index contributed by atoms with van der Waals surface area (Å²) in [4.78, 5) is 9.39. The van der Waals surface area contributed by atoms with Gasteiger partial charge in [-0.1, -0.05) is 34.6 Å². The van der Waals surface area contributed by atoms with Crippen molar-refractivity contribution in [1.82, 2.24) is 25.0 Å². The van der Waals surface area contributed by atoms with Gasteiger partial charge in [-0.25, -0.2) is 17.9 Å². The summed E-state index contributed by atoms with van der Waals surface area (Å²) in [5.41, 5.74) is 0.300. The number of aliphatic hydroxyl groups excluding tert-OH is 2. The van der Waals surface area contributed by atoms with E-state index in [0.717, 1.165) is 12.1 Å². The van der Waals surface area contributed by atoms with E-state index in [4.69, 9.17) is 21.1 Å². The van der Waals surface area contributed by atoms with Crippen molar-refractivity contribution in [2.45, 2.75) is 34.7 Å². The summed E-state index contributed by atoms with van der Waals surface area (Å²) in [6.07, 6.45) is 1.25. The Bertz CT molecular complexity index is 1440. The first-order valence-corrected chi connectivity index (χ1v) is 12.8. The molecule has 2 N–H and O–H groups in total. The lowest BCUT2D eigenvalue weighted by molar-refractivity contribution is -0.186. The number of methoxy groups -OCH3 is 1. The van der Waals surface area contributed by atoms with Crippen molar-refractivity contribution >= 4 is 23.4 Å². The molecule has 1 aliphatic rings. The first kappa shape index (κ1) is 27.5. The fraction of sp³-hybridized carbons (Fsp3) is 0.280. The minimum atomic E-state index is -1.60. The number of pyridine rings is 2. The molecule has 1 fully saturated rings. The molecular weight excluding hydrogens is 559 g/mol. The quantitative estimate of drug-likeness (QED) is 0.315. The molecule has 4 aromatic rings. The monoisotopic (exact) mass is 579 g/mol. The first-order chi connectivity index (χ1) is 18.8. The molecule has 1 aromatic carbocycles. The molecule has 0 aliphatic carbocycles. The van der Waals surface area contributed by atoms with Crippen LogP contribution in [0.5, 0.6) is 0 Å². The Balaban J connectivity index is 1.50. The maximum absolute atomic E-state index is 13.8. The van der Waals surface area contributed by atoms with E-state index in [1.165, 1.54) is 35.9 Å². The van der Waals surface area contributed by atoms with Crippen molar-refractivity contribution in [3.05, 3.63) is 77.5 Å². The molecule has 3 aromatic heterocycles. The number of aromatic nitrogens is 5. The Kier molecular flexibility index (Phi) is 8.16. The molecule has 0 radical (unpaired) electrons. The van der Waals surface area contributed by atoms with Crippen molar-refractivity contribution in [2.24, 2.45) is 0 Å². The number of rotatable bonds is 7. The molecule has 0 bridgehead atoms. The largest absolute Gasteiger partial charge is 0.394 e. The van der Waals surface area contributed by atoms with Gasteiger partial charge in [-0.15, -0.1) is 5.10 Å². The van der Waals surface area contributed by atoms with Crippen molar-refractivity contribution < 1.29 is 32.9 Å². The summed E-state index contributed by atoms with van der Waals surface area (Å²) in [5, 5.41) is 29.4. The normalized spacial score (nSPS) is 23.2. The third kappa shape index (κ3) is 5.51. The number of thioether (sulfide) groups is 1. The van der Waals surface area contributed by atoms with Crippen LogP contribution in [-0.2, 0) is 9.47 Å². The van der Waals surface area contributed by atoms with Gasteiger partial charge in [0.1, 0.15) is 41.2 Å². The highest BCUT2D eigenvalue weighted by Crippen LogP contribution is 2.42. The second-order valence-electron chi connectivity index (χ2n) is 8.58. The molecule has 0 amide bonds. The second-order valence-corrected chi connectivity index (χ2v) is 10.2. The van der Waals surface area contributed by atoms with E-state index in [-0.39, 0.29) is 11.3 Å². The lowest BCUT2D eigenvalue weighted by Gasteiger charge is -2.43. The van der Waals surface area contributed by atoms with Crippen LogP contribution in [0.3, 0.4) is 0 Å². The third-order valence-electron chi connectivity index (χ3n) is 6.16. The predicted molar refractivity (Wildman–Crippen MR) is 135 cm³/mol. The summed E-state index contributed by atoms with van der Waals surface area (Å²) in [6.45, 7) is -0.526. The minimum absolute atomic E-state index is 0.0302. The zero-order chi connectivity index (χ0) is 27.7. The van der Waals surface area contributed by atoms with Crippen LogP contribution in [0.25, 0.3) is 22.6 Å². The van der Waals surface area contributed by atoms with E-state index in [0.29, 0.717) is 21.3 Å². The molecule has 1 saturated heterocycles. The number of ether oxygens (including phenoxy) is 2. The van der Waals surface area contributed by atoms with Gasteiger partial charge in [-0.05, 0) is 30.3 Å². The lowest BCUT2D eigenvalue weighted by atomic mass is 9.97. The van der Waals surface area contributed by atoms with Crippen molar-refractivity contribution in [3.63, 3.8) is 0 Å². The van der Waals surface area contributed by atoms with Crippen LogP contribution in [-0.4, -0.2) is 72.6 Å². The van der Waals surface area contributed by atoms with Gasteiger partial charge < -0.3 is 19.7 Å². The van der Waals surface area contributed by atoms with E-state index in [1.807, 2.05) is 6.07 Å². The molecule has 5 rings (SSSR count). The molecule has 0 unspecified atom stereocenters. The predicted octanol–water partition coefficient (Wildman–Crippen LogP) is 3.90. The van der Waals surface area contributed by atoms with E-state index in [2.05, 4.69) is 20.3 Å². The average molecular weight is 580 g/mol. The number of hydrogen-bond acceptors (Lipinski definition) is 9. The fourth-order valence-electron chi connectivity index (χ4n) is 4.30. The number of nitrogens with zero attached hydrogens (tertiary/aromatic N) is 5. The van der Waals surface area contributed by atoms with Crippen LogP contribution in [0.15, 0.2) is 59.9 Å². The SMILES string of the molecule is CO[C@@H]1[C@@H](n2cc(-c3cc(F)c(F)c(F)c3)nn2)[C@@H](O)[C@@H](CO)O[C@@H]1Sc1cc(Cl)cnc1-c1ccccn1. The van der Waals surface area contributed by atoms with Gasteiger partial charge in [-0.2, -0.15) is 0 Å². The molecule has 0 saturated carbocycles. The summed E-state index contributed by atoms with van der Waals surface area (Å²) in [6, 6.07) is 7.71. The molecule has 204 valence electrons.